The second-order valence-corrected chi connectivity index (χ2v) is 7.88. The lowest BCUT2D eigenvalue weighted by molar-refractivity contribution is 0.534. The predicted molar refractivity (Wildman–Crippen MR) is 103 cm³/mol. The van der Waals surface area contributed by atoms with Crippen LogP contribution in [0.1, 0.15) is 25.8 Å². The molecule has 0 fully saturated rings. The summed E-state index contributed by atoms with van der Waals surface area (Å²) in [6.07, 6.45) is 1.06. The Morgan fingerprint density at radius 1 is 1.19 bits per heavy atom. The van der Waals surface area contributed by atoms with E-state index in [4.69, 9.17) is 5.14 Å². The van der Waals surface area contributed by atoms with Gasteiger partial charge in [-0.25, -0.2) is 13.6 Å². The molecule has 3 rings (SSSR count). The van der Waals surface area contributed by atoms with Crippen molar-refractivity contribution in [3.8, 4) is 22.5 Å². The molecule has 8 nitrogen and oxygen atoms in total. The number of nitrogens with one attached hydrogen (secondary N) is 2. The van der Waals surface area contributed by atoms with Gasteiger partial charge in [-0.1, -0.05) is 43.3 Å². The van der Waals surface area contributed by atoms with Crippen LogP contribution in [0.5, 0.6) is 0 Å². The highest BCUT2D eigenvalue weighted by atomic mass is 32.2. The summed E-state index contributed by atoms with van der Waals surface area (Å²) in [5, 5.41) is 22.6. The van der Waals surface area contributed by atoms with Crippen molar-refractivity contribution >= 4 is 10.0 Å². The molecule has 142 valence electrons. The van der Waals surface area contributed by atoms with E-state index in [0.717, 1.165) is 24.1 Å². The zero-order valence-electron chi connectivity index (χ0n) is 15.2. The molecule has 4 N–H and O–H groups in total. The molecule has 27 heavy (non-hydrogen) atoms. The number of aromatic amines is 1. The number of hydrogen-bond acceptors (Lipinski definition) is 6. The predicted octanol–water partition coefficient (Wildman–Crippen LogP) is 2.07. The van der Waals surface area contributed by atoms with Gasteiger partial charge in [-0.2, -0.15) is 5.21 Å². The van der Waals surface area contributed by atoms with Gasteiger partial charge in [0.1, 0.15) is 0 Å². The largest absolute Gasteiger partial charge is 0.310 e. The molecule has 1 aromatic heterocycles. The Balaban J connectivity index is 2.02. The molecule has 2 aromatic carbocycles. The summed E-state index contributed by atoms with van der Waals surface area (Å²) in [4.78, 5) is -0.0380. The number of nitrogens with two attached hydrogens (primary N) is 1. The topological polar surface area (TPSA) is 127 Å². The van der Waals surface area contributed by atoms with Crippen molar-refractivity contribution in [1.82, 2.24) is 25.9 Å². The fourth-order valence-electron chi connectivity index (χ4n) is 2.75. The van der Waals surface area contributed by atoms with Gasteiger partial charge in [0.15, 0.2) is 0 Å². The Morgan fingerprint density at radius 2 is 1.93 bits per heavy atom. The van der Waals surface area contributed by atoms with Crippen molar-refractivity contribution in [2.24, 2.45) is 5.14 Å². The number of nitrogens with zero attached hydrogens (tertiary/aromatic N) is 3. The van der Waals surface area contributed by atoms with Crippen LogP contribution in [0.4, 0.5) is 0 Å². The van der Waals surface area contributed by atoms with Gasteiger partial charge < -0.3 is 5.32 Å². The maximum absolute atomic E-state index is 12.0. The lowest BCUT2D eigenvalue weighted by Crippen LogP contribution is -2.24. The highest BCUT2D eigenvalue weighted by molar-refractivity contribution is 7.89. The molecule has 1 unspecified atom stereocenters. The molecule has 0 aliphatic heterocycles. The molecular weight excluding hydrogens is 364 g/mol. The molecule has 0 amide bonds. The highest BCUT2D eigenvalue weighted by Gasteiger charge is 2.22. The first-order valence-electron chi connectivity index (χ1n) is 8.62. The summed E-state index contributed by atoms with van der Waals surface area (Å²) in [5.74, 6) is 0.178. The summed E-state index contributed by atoms with van der Waals surface area (Å²) in [6.45, 7) is 5.05. The van der Waals surface area contributed by atoms with Crippen LogP contribution in [0.3, 0.4) is 0 Å². The number of hydrogen-bond donors (Lipinski definition) is 3. The third-order valence-electron chi connectivity index (χ3n) is 4.43. The van der Waals surface area contributed by atoms with Crippen molar-refractivity contribution in [2.45, 2.75) is 37.8 Å². The molecule has 0 aliphatic carbocycles. The number of tetrazole rings is 1. The minimum atomic E-state index is -3.95. The van der Waals surface area contributed by atoms with Gasteiger partial charge in [-0.05, 0) is 41.3 Å². The van der Waals surface area contributed by atoms with E-state index in [9.17, 15) is 8.42 Å². The molecule has 9 heteroatoms. The van der Waals surface area contributed by atoms with Crippen LogP contribution in [0, 0.1) is 0 Å². The van der Waals surface area contributed by atoms with Crippen LogP contribution in [0.25, 0.3) is 22.5 Å². The maximum atomic E-state index is 12.0. The second kappa shape index (κ2) is 7.95. The molecule has 0 radical (unpaired) electrons. The Bertz CT molecular complexity index is 1000. The molecule has 3 aromatic rings. The Kier molecular flexibility index (Phi) is 5.64. The van der Waals surface area contributed by atoms with Crippen LogP contribution in [0.15, 0.2) is 47.4 Å². The molecule has 0 aliphatic rings. The monoisotopic (exact) mass is 386 g/mol. The lowest BCUT2D eigenvalue weighted by Gasteiger charge is -2.13. The van der Waals surface area contributed by atoms with Crippen molar-refractivity contribution in [1.29, 1.82) is 0 Å². The molecule has 0 saturated heterocycles. The minimum Gasteiger partial charge on any atom is -0.310 e. The fraction of sp³-hybridized carbons (Fsp3) is 0.278. The van der Waals surface area contributed by atoms with Gasteiger partial charge in [0.05, 0.1) is 10.5 Å². The van der Waals surface area contributed by atoms with Crippen LogP contribution < -0.4 is 10.5 Å². The lowest BCUT2D eigenvalue weighted by atomic mass is 9.98. The summed E-state index contributed by atoms with van der Waals surface area (Å²) >= 11 is 0. The number of sulfonamides is 1. The first-order valence-corrected chi connectivity index (χ1v) is 10.2. The van der Waals surface area contributed by atoms with Crippen LogP contribution in [-0.4, -0.2) is 35.1 Å². The third kappa shape index (κ3) is 4.38. The molecule has 0 bridgehead atoms. The molecule has 0 spiro atoms. The Morgan fingerprint density at radius 3 is 2.52 bits per heavy atom. The second-order valence-electron chi connectivity index (χ2n) is 6.35. The normalized spacial score (nSPS) is 12.9. The van der Waals surface area contributed by atoms with E-state index in [1.807, 2.05) is 30.3 Å². The SMILES string of the molecule is CCC(C)NCc1ccc(-c2cccc(S(N)(=O)=O)c2-c2nn[nH]n2)cc1. The van der Waals surface area contributed by atoms with Crippen molar-refractivity contribution in [2.75, 3.05) is 0 Å². The smallest absolute Gasteiger partial charge is 0.238 e. The van der Waals surface area contributed by atoms with Gasteiger partial charge in [0.2, 0.25) is 15.8 Å². The maximum Gasteiger partial charge on any atom is 0.238 e. The van der Waals surface area contributed by atoms with Gasteiger partial charge in [0.25, 0.3) is 0 Å². The molecule has 1 heterocycles. The van der Waals surface area contributed by atoms with Crippen molar-refractivity contribution in [3.05, 3.63) is 48.0 Å². The van der Waals surface area contributed by atoms with E-state index < -0.39 is 10.0 Å². The standard InChI is InChI=1S/C18H22N6O2S/c1-3-12(2)20-11-13-7-9-14(10-8-13)15-5-4-6-16(27(19,25)26)17(15)18-21-23-24-22-18/h4-10,12,20H,3,11H2,1-2H3,(H2,19,25,26)(H,21,22,23,24). The molecular formula is C18H22N6O2S. The fourth-order valence-corrected chi connectivity index (χ4v) is 3.50. The van der Waals surface area contributed by atoms with E-state index >= 15 is 0 Å². The number of benzene rings is 2. The number of rotatable bonds is 7. The molecule has 0 saturated carbocycles. The third-order valence-corrected chi connectivity index (χ3v) is 5.39. The Labute approximate surface area is 158 Å². The van der Waals surface area contributed by atoms with Gasteiger partial charge in [-0.15, -0.1) is 10.2 Å². The Hall–Kier alpha value is -2.62. The minimum absolute atomic E-state index is 0.0380. The van der Waals surface area contributed by atoms with Crippen LogP contribution >= 0.6 is 0 Å². The van der Waals surface area contributed by atoms with E-state index in [1.165, 1.54) is 6.07 Å². The number of primary sulfonamides is 1. The van der Waals surface area contributed by atoms with Crippen LogP contribution in [0.2, 0.25) is 0 Å². The van der Waals surface area contributed by atoms with E-state index in [1.54, 1.807) is 6.07 Å². The summed E-state index contributed by atoms with van der Waals surface area (Å²) in [6, 6.07) is 13.3. The van der Waals surface area contributed by atoms with Crippen LogP contribution in [-0.2, 0) is 16.6 Å². The van der Waals surface area contributed by atoms with E-state index in [2.05, 4.69) is 39.8 Å². The molecule has 1 atom stereocenters. The highest BCUT2D eigenvalue weighted by Crippen LogP contribution is 2.34. The van der Waals surface area contributed by atoms with Crippen molar-refractivity contribution < 1.29 is 8.42 Å². The zero-order chi connectivity index (χ0) is 19.4. The number of H-pyrrole nitrogens is 1. The summed E-state index contributed by atoms with van der Waals surface area (Å²) in [7, 11) is -3.95. The average molecular weight is 386 g/mol. The summed E-state index contributed by atoms with van der Waals surface area (Å²) < 4.78 is 24.1. The number of aromatic nitrogens is 4. The zero-order valence-corrected chi connectivity index (χ0v) is 16.0. The van der Waals surface area contributed by atoms with E-state index in [-0.39, 0.29) is 10.7 Å². The first kappa shape index (κ1) is 19.2. The first-order chi connectivity index (χ1) is 12.9. The quantitative estimate of drug-likeness (QED) is 0.570. The van der Waals surface area contributed by atoms with Crippen molar-refractivity contribution in [3.63, 3.8) is 0 Å². The van der Waals surface area contributed by atoms with Gasteiger partial charge >= 0.3 is 0 Å². The van der Waals surface area contributed by atoms with Gasteiger partial charge in [-0.3, -0.25) is 0 Å². The average Bonchev–Trinajstić information content (AvgIpc) is 3.19. The van der Waals surface area contributed by atoms with E-state index in [0.29, 0.717) is 17.2 Å². The van der Waals surface area contributed by atoms with Gasteiger partial charge in [0, 0.05) is 12.6 Å². The summed E-state index contributed by atoms with van der Waals surface area (Å²) in [5.41, 5.74) is 2.99.